The minimum absolute atomic E-state index is 0.0492. The molecule has 1 atom stereocenters. The van der Waals surface area contributed by atoms with Crippen LogP contribution in [0.5, 0.6) is 0 Å². The van der Waals surface area contributed by atoms with E-state index in [1.807, 2.05) is 6.92 Å². The Morgan fingerprint density at radius 1 is 1.38 bits per heavy atom. The van der Waals surface area contributed by atoms with Crippen molar-refractivity contribution in [1.29, 1.82) is 0 Å². The number of hydrogen-bond acceptors (Lipinski definition) is 5. The lowest BCUT2D eigenvalue weighted by Crippen LogP contribution is -2.28. The van der Waals surface area contributed by atoms with E-state index in [-0.39, 0.29) is 23.3 Å². The van der Waals surface area contributed by atoms with Crippen LogP contribution in [-0.2, 0) is 25.8 Å². The molecule has 29 heavy (non-hydrogen) atoms. The summed E-state index contributed by atoms with van der Waals surface area (Å²) in [6.07, 6.45) is 3.60. The highest BCUT2D eigenvalue weighted by atomic mass is 32.1. The summed E-state index contributed by atoms with van der Waals surface area (Å²) in [7, 11) is 0. The van der Waals surface area contributed by atoms with Crippen molar-refractivity contribution >= 4 is 27.5 Å². The molecule has 3 heterocycles. The van der Waals surface area contributed by atoms with Crippen LogP contribution in [0.1, 0.15) is 66.7 Å². The Balaban J connectivity index is 1.79. The molecule has 1 aliphatic rings. The summed E-state index contributed by atoms with van der Waals surface area (Å²) in [4.78, 5) is 31.4. The van der Waals surface area contributed by atoms with Crippen LogP contribution in [0.15, 0.2) is 21.3 Å². The number of furan rings is 1. The molecule has 0 amide bonds. The van der Waals surface area contributed by atoms with E-state index in [0.717, 1.165) is 35.0 Å². The fraction of sp³-hybridized carbons (Fsp3) is 0.500. The van der Waals surface area contributed by atoms with Gasteiger partial charge in [0, 0.05) is 11.3 Å². The number of carboxylic acid groups (broad SMARTS) is 1. The van der Waals surface area contributed by atoms with E-state index in [4.69, 9.17) is 14.5 Å². The summed E-state index contributed by atoms with van der Waals surface area (Å²) in [5.74, 6) is 0.502. The Bertz CT molecular complexity index is 1150. The number of aryl methyl sites for hydroxylation is 2. The average Bonchev–Trinajstić information content (AvgIpc) is 3.26. The zero-order valence-electron chi connectivity index (χ0n) is 17.2. The van der Waals surface area contributed by atoms with Crippen molar-refractivity contribution in [2.75, 3.05) is 0 Å². The van der Waals surface area contributed by atoms with Gasteiger partial charge in [-0.15, -0.1) is 11.3 Å². The third-order valence-corrected chi connectivity index (χ3v) is 7.12. The van der Waals surface area contributed by atoms with Gasteiger partial charge in [-0.3, -0.25) is 9.36 Å². The fourth-order valence-corrected chi connectivity index (χ4v) is 5.52. The summed E-state index contributed by atoms with van der Waals surface area (Å²) >= 11 is 1.66. The maximum absolute atomic E-state index is 13.4. The summed E-state index contributed by atoms with van der Waals surface area (Å²) in [5, 5.41) is 9.81. The molecule has 3 aromatic heterocycles. The van der Waals surface area contributed by atoms with Gasteiger partial charge in [0.1, 0.15) is 16.4 Å². The van der Waals surface area contributed by atoms with Crippen molar-refractivity contribution in [1.82, 2.24) is 9.55 Å². The van der Waals surface area contributed by atoms with Gasteiger partial charge in [0.25, 0.3) is 5.56 Å². The molecule has 1 aliphatic carbocycles. The summed E-state index contributed by atoms with van der Waals surface area (Å²) in [6, 6.07) is 3.02. The maximum atomic E-state index is 13.4. The monoisotopic (exact) mass is 414 g/mol. The highest BCUT2D eigenvalue weighted by Crippen LogP contribution is 2.42. The van der Waals surface area contributed by atoms with Crippen LogP contribution >= 0.6 is 11.3 Å². The molecule has 0 spiro atoms. The van der Waals surface area contributed by atoms with Crippen LogP contribution in [0.4, 0.5) is 0 Å². The minimum atomic E-state index is -1.12. The second-order valence-electron chi connectivity index (χ2n) is 8.83. The van der Waals surface area contributed by atoms with Crippen molar-refractivity contribution in [3.8, 4) is 0 Å². The van der Waals surface area contributed by atoms with Gasteiger partial charge >= 0.3 is 5.97 Å². The van der Waals surface area contributed by atoms with Crippen molar-refractivity contribution < 1.29 is 14.3 Å². The molecule has 154 valence electrons. The van der Waals surface area contributed by atoms with Gasteiger partial charge in [-0.1, -0.05) is 27.7 Å². The topological polar surface area (TPSA) is 85.3 Å². The second kappa shape index (κ2) is 7.13. The number of rotatable bonds is 4. The quantitative estimate of drug-likeness (QED) is 0.679. The molecular formula is C22H26N2O4S. The Morgan fingerprint density at radius 3 is 2.76 bits per heavy atom. The lowest BCUT2D eigenvalue weighted by molar-refractivity contribution is 0.0660. The Labute approximate surface area is 173 Å². The first-order valence-corrected chi connectivity index (χ1v) is 10.9. The second-order valence-corrected chi connectivity index (χ2v) is 9.92. The minimum Gasteiger partial charge on any atom is -0.475 e. The first kappa shape index (κ1) is 19.9. The average molecular weight is 415 g/mol. The molecular weight excluding hydrogens is 388 g/mol. The Kier molecular flexibility index (Phi) is 4.89. The highest BCUT2D eigenvalue weighted by molar-refractivity contribution is 7.18. The zero-order chi connectivity index (χ0) is 20.9. The third kappa shape index (κ3) is 3.52. The first-order chi connectivity index (χ1) is 13.7. The SMILES string of the molecule is CCc1nc2sc3c(c2c(=O)n1Cc1ccc(C(=O)O)o1)CCC(C(C)(C)C)C3. The molecule has 4 rings (SSSR count). The summed E-state index contributed by atoms with van der Waals surface area (Å²) in [6.45, 7) is 9.01. The highest BCUT2D eigenvalue weighted by Gasteiger charge is 2.32. The molecule has 1 unspecified atom stereocenters. The van der Waals surface area contributed by atoms with E-state index >= 15 is 0 Å². The number of carboxylic acids is 1. The lowest BCUT2D eigenvalue weighted by atomic mass is 9.72. The van der Waals surface area contributed by atoms with Crippen molar-refractivity contribution in [2.45, 2.75) is 59.9 Å². The van der Waals surface area contributed by atoms with Gasteiger partial charge < -0.3 is 9.52 Å². The van der Waals surface area contributed by atoms with E-state index in [1.165, 1.54) is 10.9 Å². The molecule has 1 N–H and O–H groups in total. The Morgan fingerprint density at radius 2 is 2.14 bits per heavy atom. The number of nitrogens with zero attached hydrogens (tertiary/aromatic N) is 2. The summed E-state index contributed by atoms with van der Waals surface area (Å²) < 4.78 is 7.01. The molecule has 0 aliphatic heterocycles. The van der Waals surface area contributed by atoms with Gasteiger partial charge in [-0.05, 0) is 48.3 Å². The van der Waals surface area contributed by atoms with Gasteiger partial charge in [-0.25, -0.2) is 9.78 Å². The van der Waals surface area contributed by atoms with Crippen LogP contribution in [-0.4, -0.2) is 20.6 Å². The molecule has 0 aromatic carbocycles. The molecule has 7 heteroatoms. The van der Waals surface area contributed by atoms with Gasteiger partial charge in [-0.2, -0.15) is 0 Å². The predicted molar refractivity (Wildman–Crippen MR) is 113 cm³/mol. The molecule has 6 nitrogen and oxygen atoms in total. The van der Waals surface area contributed by atoms with Crippen molar-refractivity contribution in [2.24, 2.45) is 11.3 Å². The number of fused-ring (bicyclic) bond motifs is 3. The number of carbonyl (C=O) groups is 1. The number of aromatic carboxylic acids is 1. The van der Waals surface area contributed by atoms with E-state index in [2.05, 4.69) is 20.8 Å². The molecule has 0 saturated heterocycles. The van der Waals surface area contributed by atoms with Gasteiger partial charge in [0.15, 0.2) is 0 Å². The van der Waals surface area contributed by atoms with Crippen LogP contribution in [0.3, 0.4) is 0 Å². The first-order valence-electron chi connectivity index (χ1n) is 10.0. The predicted octanol–water partition coefficient (Wildman–Crippen LogP) is 4.51. The standard InChI is InChI=1S/C22H26N2O4S/c1-5-17-23-19-18(14-8-6-12(22(2,3)4)10-16(14)29-19)20(25)24(17)11-13-7-9-15(28-13)21(26)27/h7,9,12H,5-6,8,10-11H2,1-4H3,(H,26,27). The van der Waals surface area contributed by atoms with Crippen LogP contribution in [0.25, 0.3) is 10.2 Å². The van der Waals surface area contributed by atoms with Crippen molar-refractivity contribution in [3.63, 3.8) is 0 Å². The number of hydrogen-bond donors (Lipinski definition) is 1. The van der Waals surface area contributed by atoms with E-state index in [9.17, 15) is 9.59 Å². The summed E-state index contributed by atoms with van der Waals surface area (Å²) in [5.41, 5.74) is 1.36. The largest absolute Gasteiger partial charge is 0.475 e. The Hall–Kier alpha value is -2.41. The molecule has 0 radical (unpaired) electrons. The smallest absolute Gasteiger partial charge is 0.371 e. The van der Waals surface area contributed by atoms with Gasteiger partial charge in [0.05, 0.1) is 11.9 Å². The van der Waals surface area contributed by atoms with E-state index in [1.54, 1.807) is 22.0 Å². The van der Waals surface area contributed by atoms with Crippen LogP contribution in [0, 0.1) is 11.3 Å². The number of aromatic nitrogens is 2. The molecule has 0 saturated carbocycles. The van der Waals surface area contributed by atoms with E-state index in [0.29, 0.717) is 23.9 Å². The van der Waals surface area contributed by atoms with Gasteiger partial charge in [0.2, 0.25) is 5.76 Å². The maximum Gasteiger partial charge on any atom is 0.371 e. The van der Waals surface area contributed by atoms with Crippen LogP contribution in [0.2, 0.25) is 0 Å². The normalized spacial score (nSPS) is 16.9. The number of thiophene rings is 1. The third-order valence-electron chi connectivity index (χ3n) is 5.98. The van der Waals surface area contributed by atoms with Crippen LogP contribution < -0.4 is 5.56 Å². The fourth-order valence-electron chi connectivity index (χ4n) is 4.21. The molecule has 0 bridgehead atoms. The molecule has 0 fully saturated rings. The lowest BCUT2D eigenvalue weighted by Gasteiger charge is -2.33. The zero-order valence-corrected chi connectivity index (χ0v) is 18.1. The van der Waals surface area contributed by atoms with E-state index < -0.39 is 5.97 Å². The molecule has 3 aromatic rings. The van der Waals surface area contributed by atoms with Crippen molar-refractivity contribution in [3.05, 3.63) is 50.3 Å².